The van der Waals surface area contributed by atoms with Crippen LogP contribution in [-0.4, -0.2) is 72.9 Å². The van der Waals surface area contributed by atoms with Gasteiger partial charge < -0.3 is 4.74 Å². The van der Waals surface area contributed by atoms with Gasteiger partial charge in [-0.1, -0.05) is 0 Å². The highest BCUT2D eigenvalue weighted by Crippen LogP contribution is 2.64. The summed E-state index contributed by atoms with van der Waals surface area (Å²) >= 11 is 0. The van der Waals surface area contributed by atoms with Crippen molar-refractivity contribution in [3.63, 3.8) is 0 Å². The van der Waals surface area contributed by atoms with Crippen molar-refractivity contribution in [1.29, 1.82) is 0 Å². The van der Waals surface area contributed by atoms with Crippen LogP contribution in [0.15, 0.2) is 0 Å². The molecule has 0 spiro atoms. The predicted molar refractivity (Wildman–Crippen MR) is 63.7 cm³/mol. The van der Waals surface area contributed by atoms with Crippen LogP contribution in [0.3, 0.4) is 0 Å². The maximum atomic E-state index is 13.4. The van der Waals surface area contributed by atoms with Gasteiger partial charge in [0.05, 0.1) is 7.11 Å². The second-order valence-electron chi connectivity index (χ2n) is 6.15. The summed E-state index contributed by atoms with van der Waals surface area (Å²) in [7, 11) is -0.216. The molecule has 0 unspecified atom stereocenters. The van der Waals surface area contributed by atoms with Crippen LogP contribution in [0.5, 0.6) is 0 Å². The summed E-state index contributed by atoms with van der Waals surface area (Å²) < 4.78 is 276. The summed E-state index contributed by atoms with van der Waals surface area (Å²) in [6.07, 6.45) is -23.8. The molecular weight excluding hydrogens is 591 g/mol. The van der Waals surface area contributed by atoms with Gasteiger partial charge in [0.15, 0.2) is 0 Å². The topological polar surface area (TPSA) is 35.5 Å². The Bertz CT molecular complexity index is 824. The van der Waals surface area contributed by atoms with Gasteiger partial charge in [-0.3, -0.25) is 0 Å². The van der Waals surface area contributed by atoms with Crippen molar-refractivity contribution < 1.29 is 106 Å². The zero-order valence-electron chi connectivity index (χ0n) is 15.7. The highest BCUT2D eigenvalue weighted by atomic mass is 19.4. The minimum Gasteiger partial charge on any atom is -0.464 e. The average Bonchev–Trinajstić information content (AvgIpc) is 2.64. The van der Waals surface area contributed by atoms with Crippen molar-refractivity contribution in [3.05, 3.63) is 0 Å². The van der Waals surface area contributed by atoms with Crippen LogP contribution < -0.4 is 0 Å². The second-order valence-corrected chi connectivity index (χ2v) is 6.15. The van der Waals surface area contributed by atoms with Crippen LogP contribution in [0.1, 0.15) is 0 Å². The van der Waals surface area contributed by atoms with Crippen molar-refractivity contribution in [1.82, 2.24) is 0 Å². The first-order chi connectivity index (χ1) is 15.2. The molecule has 0 saturated heterocycles. The van der Waals surface area contributed by atoms with E-state index in [1.165, 1.54) is 4.74 Å². The van der Waals surface area contributed by atoms with Gasteiger partial charge >= 0.3 is 65.8 Å². The van der Waals surface area contributed by atoms with Crippen LogP contribution >= 0.6 is 0 Å². The fourth-order valence-corrected chi connectivity index (χ4v) is 1.69. The summed E-state index contributed by atoms with van der Waals surface area (Å²) in [6, 6.07) is 0. The summed E-state index contributed by atoms with van der Waals surface area (Å²) in [6.45, 7) is 0. The van der Waals surface area contributed by atoms with Crippen molar-refractivity contribution in [2.24, 2.45) is 0 Å². The maximum absolute atomic E-state index is 13.4. The molecule has 0 heterocycles. The SMILES string of the molecule is COC(=O)C(F)(F)C(F)(F)OC(F)(F)C(F)(F)C(F)(F)C(F)(F)C(F)(F)C(F)(F)C(F)(F)C(F)(F)F. The molecule has 216 valence electrons. The zero-order chi connectivity index (χ0) is 30.0. The minimum atomic E-state index is -9.14. The number of carbonyl (C=O) groups excluding carboxylic acids is 1. The van der Waals surface area contributed by atoms with E-state index < -0.39 is 65.8 Å². The van der Waals surface area contributed by atoms with E-state index in [1.807, 2.05) is 0 Å². The molecule has 3 nitrogen and oxygen atoms in total. The second kappa shape index (κ2) is 8.49. The van der Waals surface area contributed by atoms with E-state index in [9.17, 15) is 97.0 Å². The first-order valence-electron chi connectivity index (χ1n) is 7.44. The van der Waals surface area contributed by atoms with Gasteiger partial charge in [-0.05, 0) is 0 Å². The molecule has 36 heavy (non-hydrogen) atoms. The molecule has 0 aliphatic heterocycles. The minimum absolute atomic E-state index is 0.216. The van der Waals surface area contributed by atoms with E-state index in [2.05, 4.69) is 4.74 Å². The van der Waals surface area contributed by atoms with Gasteiger partial charge in [0, 0.05) is 0 Å². The number of hydrogen-bond acceptors (Lipinski definition) is 3. The van der Waals surface area contributed by atoms with Gasteiger partial charge in [-0.15, -0.1) is 0 Å². The smallest absolute Gasteiger partial charge is 0.460 e. The van der Waals surface area contributed by atoms with Crippen molar-refractivity contribution in [3.8, 4) is 0 Å². The predicted octanol–water partition coefficient (Wildman–Crippen LogP) is 6.37. The lowest BCUT2D eigenvalue weighted by Gasteiger charge is -2.42. The number of carbonyl (C=O) groups is 1. The number of esters is 1. The average molecular weight is 594 g/mol. The lowest BCUT2D eigenvalue weighted by Crippen LogP contribution is -2.75. The van der Waals surface area contributed by atoms with Gasteiger partial charge in [0.25, 0.3) is 0 Å². The number of halogens is 21. The third-order valence-electron chi connectivity index (χ3n) is 3.76. The lowest BCUT2D eigenvalue weighted by molar-refractivity contribution is -0.508. The summed E-state index contributed by atoms with van der Waals surface area (Å²) in [5, 5.41) is 0. The number of rotatable bonds is 10. The zero-order valence-corrected chi connectivity index (χ0v) is 15.7. The van der Waals surface area contributed by atoms with Crippen LogP contribution in [0.4, 0.5) is 92.2 Å². The normalized spacial score (nSPS) is 16.3. The molecule has 0 aromatic heterocycles. The molecule has 24 heteroatoms. The molecular formula is C12H3F21O3. The van der Waals surface area contributed by atoms with E-state index in [4.69, 9.17) is 0 Å². The molecule has 0 aromatic rings. The summed E-state index contributed by atoms with van der Waals surface area (Å²) in [5.74, 6) is -64.0. The molecule has 0 aliphatic rings. The number of methoxy groups -OCH3 is 1. The molecule has 0 atom stereocenters. The van der Waals surface area contributed by atoms with Crippen LogP contribution in [0.25, 0.3) is 0 Å². The van der Waals surface area contributed by atoms with Gasteiger partial charge in [0.2, 0.25) is 0 Å². The van der Waals surface area contributed by atoms with Crippen LogP contribution in [0, 0.1) is 0 Å². The molecule has 0 rings (SSSR count). The monoisotopic (exact) mass is 594 g/mol. The number of ether oxygens (including phenoxy) is 2. The Kier molecular flexibility index (Phi) is 8.01. The third-order valence-corrected chi connectivity index (χ3v) is 3.76. The number of hydrogen-bond donors (Lipinski definition) is 0. The Morgan fingerprint density at radius 1 is 0.444 bits per heavy atom. The Morgan fingerprint density at radius 2 is 0.722 bits per heavy atom. The molecule has 0 amide bonds. The molecule has 0 radical (unpaired) electrons. The van der Waals surface area contributed by atoms with Crippen molar-refractivity contribution >= 4 is 5.97 Å². The Hall–Kier alpha value is -2.04. The fraction of sp³-hybridized carbons (Fsp3) is 0.917. The van der Waals surface area contributed by atoms with E-state index in [1.54, 1.807) is 0 Å². The van der Waals surface area contributed by atoms with Gasteiger partial charge in [-0.25, -0.2) is 9.53 Å². The first kappa shape index (κ1) is 34.0. The highest BCUT2D eigenvalue weighted by Gasteiger charge is 2.96. The van der Waals surface area contributed by atoms with Crippen molar-refractivity contribution in [2.45, 2.75) is 59.9 Å². The molecule has 0 fully saturated rings. The molecule has 0 aliphatic carbocycles. The molecule has 0 bridgehead atoms. The third kappa shape index (κ3) is 4.35. The standard InChI is InChI=1S/C12H3F21O3/c1-35-2(34)3(13,14)11(30,31)36-12(32,33)9(25,26)7(21,22)5(17,18)4(15,16)6(19,20)8(23,24)10(27,28)29/h1H3. The Labute approximate surface area is 181 Å². The molecule has 0 N–H and O–H groups in total. The largest absolute Gasteiger partial charge is 0.464 e. The van der Waals surface area contributed by atoms with Crippen molar-refractivity contribution in [2.75, 3.05) is 7.11 Å². The Balaban J connectivity index is 6.83. The van der Waals surface area contributed by atoms with E-state index in [0.717, 1.165) is 0 Å². The Morgan fingerprint density at radius 3 is 1.00 bits per heavy atom. The van der Waals surface area contributed by atoms with E-state index in [0.29, 0.717) is 0 Å². The van der Waals surface area contributed by atoms with Gasteiger partial charge in [-0.2, -0.15) is 92.2 Å². The first-order valence-corrected chi connectivity index (χ1v) is 7.44. The van der Waals surface area contributed by atoms with E-state index >= 15 is 0 Å². The van der Waals surface area contributed by atoms with E-state index in [-0.39, 0.29) is 7.11 Å². The molecule has 0 saturated carbocycles. The summed E-state index contributed by atoms with van der Waals surface area (Å²) in [4.78, 5) is 10.4. The highest BCUT2D eigenvalue weighted by molar-refractivity contribution is 5.78. The van der Waals surface area contributed by atoms with Crippen LogP contribution in [-0.2, 0) is 14.3 Å². The van der Waals surface area contributed by atoms with Crippen LogP contribution in [0.2, 0.25) is 0 Å². The quantitative estimate of drug-likeness (QED) is 0.218. The molecule has 0 aromatic carbocycles. The summed E-state index contributed by atoms with van der Waals surface area (Å²) in [5.41, 5.74) is 0. The lowest BCUT2D eigenvalue weighted by atomic mass is 9.90. The van der Waals surface area contributed by atoms with Gasteiger partial charge in [0.1, 0.15) is 0 Å². The fourth-order valence-electron chi connectivity index (χ4n) is 1.69. The number of alkyl halides is 21. The maximum Gasteiger partial charge on any atom is 0.460 e.